The van der Waals surface area contributed by atoms with Crippen LogP contribution in [0.3, 0.4) is 0 Å². The molecule has 2 heterocycles. The minimum atomic E-state index is -4.85. The maximum Gasteiger partial charge on any atom is 0.485 e. The van der Waals surface area contributed by atoms with Gasteiger partial charge in [-0.25, -0.2) is 0 Å². The molecular formula is C34H45F3N5O3+. The lowest BCUT2D eigenvalue weighted by Gasteiger charge is -2.25. The van der Waals surface area contributed by atoms with Crippen molar-refractivity contribution in [2.75, 3.05) is 38.1 Å². The van der Waals surface area contributed by atoms with Crippen molar-refractivity contribution in [3.8, 4) is 5.75 Å². The van der Waals surface area contributed by atoms with Crippen molar-refractivity contribution in [2.24, 2.45) is 0 Å². The third kappa shape index (κ3) is 10.3. The molecule has 45 heavy (non-hydrogen) atoms. The third-order valence-corrected chi connectivity index (χ3v) is 8.38. The van der Waals surface area contributed by atoms with Crippen LogP contribution >= 0.6 is 0 Å². The summed E-state index contributed by atoms with van der Waals surface area (Å²) in [6, 6.07) is 9.95. The smallest absolute Gasteiger partial charge is 0.485 e. The normalized spacial score (nSPS) is 16.1. The highest BCUT2D eigenvalue weighted by atomic mass is 19.4. The molecule has 3 N–H and O–H groups in total. The predicted molar refractivity (Wildman–Crippen MR) is 167 cm³/mol. The van der Waals surface area contributed by atoms with Gasteiger partial charge in [-0.05, 0) is 93.3 Å². The molecule has 1 aromatic heterocycles. The quantitative estimate of drug-likeness (QED) is 0.122. The number of hydrogen-bond acceptors (Lipinski definition) is 7. The number of allylic oxidation sites excluding steroid dienone is 6. The van der Waals surface area contributed by atoms with Crippen molar-refractivity contribution in [2.45, 2.75) is 77.4 Å². The molecule has 8 nitrogen and oxygen atoms in total. The Hall–Kier alpha value is -3.86. The molecule has 244 valence electrons. The van der Waals surface area contributed by atoms with E-state index in [-0.39, 0.29) is 16.3 Å². The molecule has 11 heteroatoms. The number of carbonyl (C=O) groups is 1. The summed E-state index contributed by atoms with van der Waals surface area (Å²) in [5, 5.41) is 16.5. The van der Waals surface area contributed by atoms with Gasteiger partial charge < -0.3 is 15.3 Å². The minimum absolute atomic E-state index is 0.0515. The van der Waals surface area contributed by atoms with Crippen LogP contribution in [0.15, 0.2) is 77.2 Å². The zero-order valence-corrected chi connectivity index (χ0v) is 26.2. The van der Waals surface area contributed by atoms with Crippen LogP contribution < -0.4 is 20.1 Å². The minimum Gasteiger partial charge on any atom is -0.492 e. The van der Waals surface area contributed by atoms with Crippen molar-refractivity contribution < 1.29 is 32.6 Å². The van der Waals surface area contributed by atoms with E-state index in [9.17, 15) is 23.2 Å². The van der Waals surface area contributed by atoms with Crippen LogP contribution in [0.1, 0.15) is 71.0 Å². The number of nitrogens with zero attached hydrogens (tertiary/aromatic N) is 3. The van der Waals surface area contributed by atoms with Crippen LogP contribution in [-0.2, 0) is 11.0 Å². The highest BCUT2D eigenvalue weighted by Crippen LogP contribution is 2.28. The second-order valence-corrected chi connectivity index (χ2v) is 11.7. The molecule has 0 bridgehead atoms. The van der Waals surface area contributed by atoms with E-state index in [2.05, 4.69) is 39.6 Å². The number of hydrogen-bond donors (Lipinski definition) is 3. The van der Waals surface area contributed by atoms with Gasteiger partial charge in [0, 0.05) is 37.8 Å². The zero-order chi connectivity index (χ0) is 32.2. The van der Waals surface area contributed by atoms with E-state index in [1.54, 1.807) is 0 Å². The molecule has 0 saturated carbocycles. The summed E-state index contributed by atoms with van der Waals surface area (Å²) in [5.41, 5.74) is 5.65. The van der Waals surface area contributed by atoms with Crippen LogP contribution in [0.5, 0.6) is 5.75 Å². The Labute approximate surface area is 263 Å². The highest BCUT2D eigenvalue weighted by Gasteiger charge is 2.43. The zero-order valence-electron chi connectivity index (χ0n) is 26.2. The van der Waals surface area contributed by atoms with E-state index < -0.39 is 18.0 Å². The fraction of sp³-hybridized carbons (Fsp3) is 0.500. The molecule has 1 aromatic carbocycles. The summed E-state index contributed by atoms with van der Waals surface area (Å²) >= 11 is 0. The molecule has 4 rings (SSSR count). The third-order valence-electron chi connectivity index (χ3n) is 8.38. The average molecular weight is 629 g/mol. The largest absolute Gasteiger partial charge is 0.492 e. The number of ether oxygens (including phenoxy) is 1. The Morgan fingerprint density at radius 3 is 2.67 bits per heavy atom. The topological polar surface area (TPSA) is 90.6 Å². The number of aromatic nitrogens is 2. The number of anilines is 1. The lowest BCUT2D eigenvalue weighted by Crippen LogP contribution is -2.46. The second kappa shape index (κ2) is 16.5. The molecule has 0 unspecified atom stereocenters. The van der Waals surface area contributed by atoms with Crippen molar-refractivity contribution >= 4 is 11.6 Å². The maximum atomic E-state index is 13.2. The number of carbonyl (C=O) groups excluding carboxylic acids is 1. The van der Waals surface area contributed by atoms with Gasteiger partial charge in [0.05, 0.1) is 0 Å². The number of Topliss-reactive ketones (excluding diaryl/α,β-unsaturated/α-hetero) is 1. The number of para-hydroxylation sites is 1. The van der Waals surface area contributed by atoms with Crippen LogP contribution in [0.2, 0.25) is 0 Å². The first-order valence-electron chi connectivity index (χ1n) is 15.8. The molecule has 2 aliphatic rings. The van der Waals surface area contributed by atoms with Gasteiger partial charge in [-0.3, -0.25) is 15.0 Å². The number of benzene rings is 1. The Morgan fingerprint density at radius 1 is 1.11 bits per heavy atom. The fourth-order valence-electron chi connectivity index (χ4n) is 5.71. The predicted octanol–water partition coefficient (Wildman–Crippen LogP) is 6.24. The van der Waals surface area contributed by atoms with Crippen molar-refractivity contribution in [1.82, 2.24) is 15.2 Å². The monoisotopic (exact) mass is 628 g/mol. The molecule has 0 saturated heterocycles. The molecule has 0 radical (unpaired) electrons. The molecule has 1 aliphatic carbocycles. The van der Waals surface area contributed by atoms with Gasteiger partial charge in [0.25, 0.3) is 5.82 Å². The number of unbranched alkanes of at least 4 members (excludes halogenated alkanes) is 1. The van der Waals surface area contributed by atoms with Gasteiger partial charge >= 0.3 is 12.0 Å². The number of ketones is 1. The SMILES string of the molecule is CC(=O)[C@H](CCN(CCCCC1=C(C)CCC2=C(C=C1)CCCN2)CCOc1ccccc1)Nc1ccnc(C(F)(F)F)[n+]1O. The Bertz CT molecular complexity index is 1370. The average Bonchev–Trinajstić information content (AvgIpc) is 3.01. The van der Waals surface area contributed by atoms with Crippen LogP contribution in [0, 0.1) is 0 Å². The van der Waals surface area contributed by atoms with Gasteiger partial charge in [-0.15, -0.1) is 4.98 Å². The van der Waals surface area contributed by atoms with Gasteiger partial charge in [-0.2, -0.15) is 13.2 Å². The van der Waals surface area contributed by atoms with E-state index in [0.717, 1.165) is 63.6 Å². The molecule has 2 aromatic rings. The standard InChI is InChI=1S/C34H44F3N5O3/c1-25-13-16-31-28(10-8-19-38-31)15-14-27(25)9-6-7-21-41(23-24-45-29-11-4-3-5-12-29)22-18-30(26(2)43)40-32-17-20-39-33(42(32)44)34(35,36)37/h3-5,11-12,14-15,17,20,30,38,44H,6-10,13,16,18-19,21-24H2,1-2H3/p+1/t30-/m0/s1. The summed E-state index contributed by atoms with van der Waals surface area (Å²) < 4.78 is 45.6. The van der Waals surface area contributed by atoms with Gasteiger partial charge in [0.2, 0.25) is 0 Å². The summed E-state index contributed by atoms with van der Waals surface area (Å²) in [5.74, 6) is -1.19. The molecule has 0 amide bonds. The number of nitrogens with one attached hydrogen (secondary N) is 2. The first-order chi connectivity index (χ1) is 21.6. The fourth-order valence-corrected chi connectivity index (χ4v) is 5.71. The van der Waals surface area contributed by atoms with E-state index in [1.807, 2.05) is 30.3 Å². The molecular weight excluding hydrogens is 583 g/mol. The van der Waals surface area contributed by atoms with Crippen molar-refractivity contribution in [3.05, 3.63) is 83.0 Å². The van der Waals surface area contributed by atoms with Gasteiger partial charge in [0.15, 0.2) is 5.78 Å². The van der Waals surface area contributed by atoms with E-state index in [4.69, 9.17) is 4.74 Å². The van der Waals surface area contributed by atoms with E-state index >= 15 is 0 Å². The summed E-state index contributed by atoms with van der Waals surface area (Å²) in [6.07, 6.45) is 8.38. The van der Waals surface area contributed by atoms with Crippen LogP contribution in [0.25, 0.3) is 0 Å². The highest BCUT2D eigenvalue weighted by molar-refractivity contribution is 5.83. The maximum absolute atomic E-state index is 13.2. The van der Waals surface area contributed by atoms with E-state index in [0.29, 0.717) is 26.1 Å². The molecule has 0 fully saturated rings. The first-order valence-corrected chi connectivity index (χ1v) is 15.8. The Balaban J connectivity index is 1.36. The Morgan fingerprint density at radius 2 is 1.91 bits per heavy atom. The first kappa shape index (κ1) is 34.0. The van der Waals surface area contributed by atoms with Gasteiger partial charge in [0.1, 0.15) is 24.6 Å². The number of rotatable bonds is 15. The second-order valence-electron chi connectivity index (χ2n) is 11.7. The summed E-state index contributed by atoms with van der Waals surface area (Å²) in [7, 11) is 0. The Kier molecular flexibility index (Phi) is 12.4. The summed E-state index contributed by atoms with van der Waals surface area (Å²) in [6.45, 7) is 7.05. The summed E-state index contributed by atoms with van der Waals surface area (Å²) in [4.78, 5) is 18.0. The lowest BCUT2D eigenvalue weighted by atomic mass is 9.91. The molecule has 1 aliphatic heterocycles. The van der Waals surface area contributed by atoms with Crippen LogP contribution in [-0.4, -0.2) is 59.7 Å². The van der Waals surface area contributed by atoms with Crippen LogP contribution in [0.4, 0.5) is 19.0 Å². The lowest BCUT2D eigenvalue weighted by molar-refractivity contribution is -0.906. The van der Waals surface area contributed by atoms with Gasteiger partial charge in [-0.1, -0.05) is 35.9 Å². The number of alkyl halides is 3. The number of halogens is 3. The van der Waals surface area contributed by atoms with E-state index in [1.165, 1.54) is 41.8 Å². The molecule has 1 atom stereocenters. The molecule has 0 spiro atoms. The van der Waals surface area contributed by atoms with Crippen molar-refractivity contribution in [1.29, 1.82) is 0 Å². The van der Waals surface area contributed by atoms with Crippen molar-refractivity contribution in [3.63, 3.8) is 0 Å².